The molecule has 1 aliphatic rings. The summed E-state index contributed by atoms with van der Waals surface area (Å²) in [6.07, 6.45) is 0. The largest absolute Gasteiger partial charge is 0.309 e. The second-order valence-electron chi connectivity index (χ2n) is 13.2. The number of hydrogen-bond donors (Lipinski definition) is 0. The van der Waals surface area contributed by atoms with Crippen molar-refractivity contribution in [1.29, 1.82) is 5.26 Å². The van der Waals surface area contributed by atoms with Crippen molar-refractivity contribution < 1.29 is 0 Å². The molecule has 0 N–H and O–H groups in total. The molecule has 0 saturated heterocycles. The first kappa shape index (κ1) is 27.1. The summed E-state index contributed by atoms with van der Waals surface area (Å²) in [5.74, 6) is 0. The van der Waals surface area contributed by atoms with E-state index in [1.807, 2.05) is 6.07 Å². The third-order valence-electron chi connectivity index (χ3n) is 10.7. The average Bonchev–Trinajstić information content (AvgIpc) is 3.81. The van der Waals surface area contributed by atoms with Gasteiger partial charge in [-0.3, -0.25) is 0 Å². The number of para-hydroxylation sites is 3. The molecule has 2 heterocycles. The Kier molecular flexibility index (Phi) is 5.45. The molecular formula is C47H27N3. The van der Waals surface area contributed by atoms with Gasteiger partial charge in [0.25, 0.3) is 0 Å². The van der Waals surface area contributed by atoms with E-state index >= 15 is 0 Å². The lowest BCUT2D eigenvalue weighted by Crippen LogP contribution is -1.95. The van der Waals surface area contributed by atoms with E-state index in [1.54, 1.807) is 0 Å². The second-order valence-corrected chi connectivity index (χ2v) is 13.2. The zero-order chi connectivity index (χ0) is 32.9. The van der Waals surface area contributed by atoms with Gasteiger partial charge in [-0.1, -0.05) is 103 Å². The second kappa shape index (κ2) is 10.1. The fourth-order valence-corrected chi connectivity index (χ4v) is 8.52. The molecule has 0 amide bonds. The van der Waals surface area contributed by atoms with E-state index in [0.29, 0.717) is 0 Å². The Labute approximate surface area is 288 Å². The van der Waals surface area contributed by atoms with Crippen LogP contribution in [0, 0.1) is 11.3 Å². The Morgan fingerprint density at radius 2 is 0.980 bits per heavy atom. The van der Waals surface area contributed by atoms with Gasteiger partial charge in [-0.25, -0.2) is 0 Å². The molecular weight excluding hydrogens is 607 g/mol. The predicted octanol–water partition coefficient (Wildman–Crippen LogP) is 12.2. The van der Waals surface area contributed by atoms with Crippen LogP contribution in [0.2, 0.25) is 0 Å². The highest BCUT2D eigenvalue weighted by atomic mass is 15.0. The van der Waals surface area contributed by atoms with E-state index in [-0.39, 0.29) is 0 Å². The molecule has 0 radical (unpaired) electrons. The van der Waals surface area contributed by atoms with Crippen molar-refractivity contribution >= 4 is 54.4 Å². The highest BCUT2D eigenvalue weighted by Gasteiger charge is 2.24. The maximum Gasteiger partial charge on any atom is 0.0998 e. The molecule has 8 aromatic carbocycles. The first-order valence-corrected chi connectivity index (χ1v) is 17.0. The molecule has 0 saturated carbocycles. The standard InChI is InChI=1S/C47H27N3/c48-28-31-18-22-40-35-23-20-33(27-41(35)39-14-8-13-34(31)47(39)40)50-43-15-6-4-11-36(43)38-21-17-30(26-46(38)50)29-19-24-45-42(25-29)37-12-5-7-16-44(37)49(45)32-9-2-1-3-10-32/h1-27H. The summed E-state index contributed by atoms with van der Waals surface area (Å²) in [7, 11) is 0. The van der Waals surface area contributed by atoms with Crippen molar-refractivity contribution in [2.45, 2.75) is 0 Å². The first-order valence-electron chi connectivity index (χ1n) is 17.0. The SMILES string of the molecule is N#Cc1ccc2c3c(cccc13)-c1cc(-n3c4ccccc4c4ccc(-c5ccc6c(c5)c5ccccc5n6-c5ccccc5)cc43)ccc1-2. The van der Waals surface area contributed by atoms with Gasteiger partial charge < -0.3 is 9.13 Å². The molecule has 0 atom stereocenters. The average molecular weight is 634 g/mol. The van der Waals surface area contributed by atoms with Crippen molar-refractivity contribution in [3.05, 3.63) is 169 Å². The topological polar surface area (TPSA) is 33.6 Å². The summed E-state index contributed by atoms with van der Waals surface area (Å²) in [6, 6.07) is 61.4. The Morgan fingerprint density at radius 1 is 0.360 bits per heavy atom. The van der Waals surface area contributed by atoms with Crippen LogP contribution in [0.1, 0.15) is 5.56 Å². The fraction of sp³-hybridized carbons (Fsp3) is 0. The summed E-state index contributed by atoms with van der Waals surface area (Å²) in [4.78, 5) is 0. The maximum absolute atomic E-state index is 9.82. The Bertz CT molecular complexity index is 3100. The number of aromatic nitrogens is 2. The van der Waals surface area contributed by atoms with E-state index < -0.39 is 0 Å². The van der Waals surface area contributed by atoms with Crippen LogP contribution in [0.25, 0.3) is 99.1 Å². The maximum atomic E-state index is 9.82. The molecule has 230 valence electrons. The van der Waals surface area contributed by atoms with Crippen molar-refractivity contribution in [1.82, 2.24) is 9.13 Å². The van der Waals surface area contributed by atoms with Crippen molar-refractivity contribution in [2.24, 2.45) is 0 Å². The molecule has 0 bridgehead atoms. The van der Waals surface area contributed by atoms with E-state index in [0.717, 1.165) is 22.3 Å². The van der Waals surface area contributed by atoms with Gasteiger partial charge in [-0.15, -0.1) is 0 Å². The minimum absolute atomic E-state index is 0.719. The minimum atomic E-state index is 0.719. The van der Waals surface area contributed by atoms with Gasteiger partial charge in [0.05, 0.1) is 33.7 Å². The molecule has 11 rings (SSSR count). The monoisotopic (exact) mass is 633 g/mol. The van der Waals surface area contributed by atoms with E-state index in [4.69, 9.17) is 0 Å². The zero-order valence-corrected chi connectivity index (χ0v) is 26.9. The number of benzene rings is 8. The highest BCUT2D eigenvalue weighted by molar-refractivity contribution is 6.17. The van der Waals surface area contributed by atoms with Crippen LogP contribution in [0.15, 0.2) is 164 Å². The Hall–Kier alpha value is -6.89. The molecule has 1 aliphatic carbocycles. The molecule has 2 aromatic heterocycles. The van der Waals surface area contributed by atoms with Gasteiger partial charge in [0.15, 0.2) is 0 Å². The number of nitriles is 1. The molecule has 3 heteroatoms. The van der Waals surface area contributed by atoms with Gasteiger partial charge in [0.2, 0.25) is 0 Å². The molecule has 50 heavy (non-hydrogen) atoms. The Morgan fingerprint density at radius 3 is 1.80 bits per heavy atom. The van der Waals surface area contributed by atoms with E-state index in [9.17, 15) is 5.26 Å². The third kappa shape index (κ3) is 3.62. The summed E-state index contributed by atoms with van der Waals surface area (Å²) in [5, 5.41) is 17.0. The smallest absolute Gasteiger partial charge is 0.0998 e. The molecule has 0 unspecified atom stereocenters. The molecule has 0 aliphatic heterocycles. The minimum Gasteiger partial charge on any atom is -0.309 e. The van der Waals surface area contributed by atoms with Crippen LogP contribution in [0.4, 0.5) is 0 Å². The van der Waals surface area contributed by atoms with Gasteiger partial charge in [-0.2, -0.15) is 5.26 Å². The van der Waals surface area contributed by atoms with Gasteiger partial charge in [0, 0.05) is 38.3 Å². The lowest BCUT2D eigenvalue weighted by Gasteiger charge is -2.12. The van der Waals surface area contributed by atoms with Gasteiger partial charge in [0.1, 0.15) is 0 Å². The Balaban J connectivity index is 1.12. The molecule has 0 fully saturated rings. The van der Waals surface area contributed by atoms with Crippen molar-refractivity contribution in [2.75, 3.05) is 0 Å². The van der Waals surface area contributed by atoms with Gasteiger partial charge in [-0.05, 0) is 99.4 Å². The van der Waals surface area contributed by atoms with Crippen LogP contribution in [-0.4, -0.2) is 9.13 Å². The van der Waals surface area contributed by atoms with Crippen LogP contribution < -0.4 is 0 Å². The number of hydrogen-bond acceptors (Lipinski definition) is 1. The van der Waals surface area contributed by atoms with E-state index in [1.165, 1.54) is 82.4 Å². The summed E-state index contributed by atoms with van der Waals surface area (Å²) < 4.78 is 4.78. The summed E-state index contributed by atoms with van der Waals surface area (Å²) in [5.41, 5.74) is 15.0. The summed E-state index contributed by atoms with van der Waals surface area (Å²) in [6.45, 7) is 0. The quantitative estimate of drug-likeness (QED) is 0.191. The predicted molar refractivity (Wildman–Crippen MR) is 207 cm³/mol. The van der Waals surface area contributed by atoms with Crippen LogP contribution >= 0.6 is 0 Å². The fourth-order valence-electron chi connectivity index (χ4n) is 8.52. The zero-order valence-electron chi connectivity index (χ0n) is 26.9. The van der Waals surface area contributed by atoms with Crippen molar-refractivity contribution in [3.63, 3.8) is 0 Å². The van der Waals surface area contributed by atoms with Crippen LogP contribution in [0.5, 0.6) is 0 Å². The molecule has 10 aromatic rings. The van der Waals surface area contributed by atoms with Crippen LogP contribution in [0.3, 0.4) is 0 Å². The molecule has 3 nitrogen and oxygen atoms in total. The normalized spacial score (nSPS) is 12.0. The number of rotatable bonds is 3. The first-order chi connectivity index (χ1) is 24.8. The lowest BCUT2D eigenvalue weighted by atomic mass is 9.99. The van der Waals surface area contributed by atoms with Crippen LogP contribution in [-0.2, 0) is 0 Å². The molecule has 0 spiro atoms. The van der Waals surface area contributed by atoms with Gasteiger partial charge >= 0.3 is 0 Å². The number of fused-ring (bicyclic) bond motifs is 9. The third-order valence-corrected chi connectivity index (χ3v) is 10.7. The van der Waals surface area contributed by atoms with E-state index in [2.05, 4.69) is 173 Å². The number of nitrogens with zero attached hydrogens (tertiary/aromatic N) is 3. The lowest BCUT2D eigenvalue weighted by molar-refractivity contribution is 1.18. The highest BCUT2D eigenvalue weighted by Crippen LogP contribution is 2.49. The van der Waals surface area contributed by atoms with Crippen molar-refractivity contribution in [3.8, 4) is 50.8 Å². The summed E-state index contributed by atoms with van der Waals surface area (Å²) >= 11 is 0.